The van der Waals surface area contributed by atoms with Crippen molar-refractivity contribution in [1.82, 2.24) is 0 Å². The van der Waals surface area contributed by atoms with Crippen molar-refractivity contribution >= 4 is 32.3 Å². The lowest BCUT2D eigenvalue weighted by molar-refractivity contribution is 0.348. The number of hydrogen-bond donors (Lipinski definition) is 0. The molecular formula is C88H100. The van der Waals surface area contributed by atoms with E-state index < -0.39 is 0 Å². The molecule has 0 nitrogen and oxygen atoms in total. The quantitative estimate of drug-likeness (QED) is 0.162. The minimum absolute atomic E-state index is 0.0184. The fourth-order valence-electron chi connectivity index (χ4n) is 16.7. The van der Waals surface area contributed by atoms with Crippen LogP contribution < -0.4 is 0 Å². The molecule has 0 saturated heterocycles. The molecule has 88 heavy (non-hydrogen) atoms. The van der Waals surface area contributed by atoms with Gasteiger partial charge >= 0.3 is 0 Å². The zero-order valence-corrected chi connectivity index (χ0v) is 58.5. The van der Waals surface area contributed by atoms with Crippen LogP contribution in [-0.4, -0.2) is 0 Å². The van der Waals surface area contributed by atoms with E-state index in [-0.39, 0.29) is 55.2 Å². The maximum Gasteiger partial charge on any atom is 0.00997 e. The molecule has 0 fully saturated rings. The molecule has 0 aliphatic heterocycles. The molecule has 0 amide bonds. The van der Waals surface area contributed by atoms with Crippen molar-refractivity contribution in [2.45, 2.75) is 218 Å². The van der Waals surface area contributed by atoms with E-state index >= 15 is 0 Å². The second-order valence-electron chi connectivity index (χ2n) is 35.5. The van der Waals surface area contributed by atoms with Gasteiger partial charge in [0.25, 0.3) is 0 Å². The molecule has 9 aromatic rings. The van der Waals surface area contributed by atoms with E-state index in [0.717, 1.165) is 6.42 Å². The van der Waals surface area contributed by atoms with Crippen LogP contribution in [0.3, 0.4) is 0 Å². The molecule has 10 bridgehead atoms. The monoisotopic (exact) mass is 1160 g/mol. The number of rotatable bonds is 2. The molecular weight excluding hydrogens is 1060 g/mol. The van der Waals surface area contributed by atoms with Gasteiger partial charge in [-0.3, -0.25) is 0 Å². The summed E-state index contributed by atoms with van der Waals surface area (Å²) in [5.74, 6) is 0.400. The van der Waals surface area contributed by atoms with Crippen LogP contribution in [0.25, 0.3) is 110 Å². The van der Waals surface area contributed by atoms with Crippen molar-refractivity contribution in [3.05, 3.63) is 189 Å². The maximum atomic E-state index is 2.71. The Balaban J connectivity index is 1.29. The van der Waals surface area contributed by atoms with Crippen molar-refractivity contribution in [2.24, 2.45) is 16.7 Å². The average molecular weight is 1160 g/mol. The summed E-state index contributed by atoms with van der Waals surface area (Å²) in [5, 5.41) is 8.24. The molecule has 0 spiro atoms. The van der Waals surface area contributed by atoms with Crippen molar-refractivity contribution in [2.75, 3.05) is 0 Å². The zero-order chi connectivity index (χ0) is 63.6. The van der Waals surface area contributed by atoms with Crippen LogP contribution >= 0.6 is 0 Å². The Hall–Kier alpha value is -6.76. The Kier molecular flexibility index (Phi) is 13.1. The molecule has 14 rings (SSSR count). The van der Waals surface area contributed by atoms with Gasteiger partial charge in [0, 0.05) is 5.92 Å². The first-order valence-electron chi connectivity index (χ1n) is 33.4. The summed E-state index contributed by atoms with van der Waals surface area (Å²) in [5.41, 5.74) is 33.7. The molecule has 5 aliphatic rings. The standard InChI is InChI=1S/C88H100/c1-48-30-31-63-70(49(48)2)73-53-39-57(84(13,14)15)44-60(41-53)88(24,25)47-87(22,23)59-40-52(38-56(43-59)83(10,11)12)71-61-28-26-27-29-62(61)74(68-45-58(85(16,17)18)46-69(50(68)3)86(19,20)21)80-67-35-33-65-75-66(34-32-64(76(67)75)77(71)80)79(73)78(65)72(63)51-36-54(81(4,5)6)42-55(37-51)82(7,8)9/h26-46,50,68H,47H2,1-25H3. The minimum Gasteiger partial charge on any atom is -0.0726 e. The van der Waals surface area contributed by atoms with Crippen LogP contribution in [-0.2, 0) is 32.5 Å². The van der Waals surface area contributed by atoms with Gasteiger partial charge in [-0.25, -0.2) is 0 Å². The van der Waals surface area contributed by atoms with Crippen molar-refractivity contribution in [1.29, 1.82) is 0 Å². The predicted octanol–water partition coefficient (Wildman–Crippen LogP) is 25.9. The number of allylic oxidation sites excluding steroid dienone is 4. The van der Waals surface area contributed by atoms with Crippen molar-refractivity contribution in [3.8, 4) is 77.9 Å². The first kappa shape index (κ1) is 60.2. The van der Waals surface area contributed by atoms with E-state index in [9.17, 15) is 0 Å². The van der Waals surface area contributed by atoms with Gasteiger partial charge in [0.1, 0.15) is 0 Å². The largest absolute Gasteiger partial charge is 0.0726 e. The molecule has 0 heterocycles. The molecule has 0 radical (unpaired) electrons. The fraction of sp³-hybridized carbons (Fsp3) is 0.409. The van der Waals surface area contributed by atoms with Gasteiger partial charge in [-0.1, -0.05) is 292 Å². The number of fused-ring (bicyclic) bond motifs is 7. The van der Waals surface area contributed by atoms with Gasteiger partial charge in [-0.2, -0.15) is 0 Å². The smallest absolute Gasteiger partial charge is 0.00997 e. The van der Waals surface area contributed by atoms with E-state index in [2.05, 4.69) is 301 Å². The van der Waals surface area contributed by atoms with E-state index in [1.807, 2.05) is 0 Å². The summed E-state index contributed by atoms with van der Waals surface area (Å²) in [6.45, 7) is 60.9. The highest BCUT2D eigenvalue weighted by Gasteiger charge is 2.43. The molecule has 2 unspecified atom stereocenters. The fourth-order valence-corrected chi connectivity index (χ4v) is 16.7. The van der Waals surface area contributed by atoms with Gasteiger partial charge in [0.05, 0.1) is 0 Å². The van der Waals surface area contributed by atoms with Crippen LogP contribution in [0.15, 0.2) is 139 Å². The second-order valence-corrected chi connectivity index (χ2v) is 35.5. The summed E-state index contributed by atoms with van der Waals surface area (Å²) in [6.07, 6.45) is 6.27. The molecule has 0 saturated carbocycles. The molecule has 452 valence electrons. The minimum atomic E-state index is -0.215. The van der Waals surface area contributed by atoms with E-state index in [1.165, 1.54) is 171 Å². The van der Waals surface area contributed by atoms with E-state index in [1.54, 1.807) is 0 Å². The van der Waals surface area contributed by atoms with Gasteiger partial charge in [-0.15, -0.1) is 0 Å². The second kappa shape index (κ2) is 19.1. The van der Waals surface area contributed by atoms with Crippen LogP contribution in [0.2, 0.25) is 0 Å². The first-order valence-corrected chi connectivity index (χ1v) is 33.4. The summed E-state index contributed by atoms with van der Waals surface area (Å²) < 4.78 is 0. The Morgan fingerprint density at radius 1 is 0.375 bits per heavy atom. The highest BCUT2D eigenvalue weighted by molar-refractivity contribution is 6.34. The summed E-state index contributed by atoms with van der Waals surface area (Å²) >= 11 is 0. The third kappa shape index (κ3) is 9.23. The molecule has 9 aromatic carbocycles. The molecule has 0 heteroatoms. The zero-order valence-electron chi connectivity index (χ0n) is 58.5. The first-order chi connectivity index (χ1) is 40.7. The topological polar surface area (TPSA) is 0 Å². The van der Waals surface area contributed by atoms with Gasteiger partial charge in [0.15, 0.2) is 0 Å². The number of aryl methyl sites for hydroxylation is 2. The average Bonchev–Trinajstić information content (AvgIpc) is 1.49. The van der Waals surface area contributed by atoms with E-state index in [4.69, 9.17) is 0 Å². The molecule has 0 N–H and O–H groups in total. The van der Waals surface area contributed by atoms with Gasteiger partial charge in [0.2, 0.25) is 0 Å². The maximum absolute atomic E-state index is 2.71. The highest BCUT2D eigenvalue weighted by atomic mass is 14.5. The van der Waals surface area contributed by atoms with Gasteiger partial charge < -0.3 is 0 Å². The summed E-state index contributed by atoms with van der Waals surface area (Å²) in [4.78, 5) is 0. The normalized spacial score (nSPS) is 17.9. The van der Waals surface area contributed by atoms with Crippen LogP contribution in [0, 0.1) is 30.6 Å². The lowest BCUT2D eigenvalue weighted by Gasteiger charge is -2.40. The Bertz CT molecular complexity index is 4540. The van der Waals surface area contributed by atoms with E-state index in [0.29, 0.717) is 0 Å². The molecule has 5 aliphatic carbocycles. The SMILES string of the molecule is Cc1ccc2c(-c3cc(C(C)(C)C)cc(C(C)(C)C)c3)c3c4c(c2c1C)-c1cc(C(C)(C)C)cc(c1)C(C)(C)CC(C)(C)c1cc(cc(C(C)(C)C)c1)-c1c2c(c(C5C=C(C(C)(C)C)C=C(C(C)(C)C)C5C)c5ccccc15)-c1ccc-3c3c-4ccc-2c13. The predicted molar refractivity (Wildman–Crippen MR) is 386 cm³/mol. The van der Waals surface area contributed by atoms with Crippen LogP contribution in [0.1, 0.15) is 222 Å². The van der Waals surface area contributed by atoms with Crippen molar-refractivity contribution < 1.29 is 0 Å². The van der Waals surface area contributed by atoms with Crippen molar-refractivity contribution in [3.63, 3.8) is 0 Å². The summed E-state index contributed by atoms with van der Waals surface area (Å²) in [6, 6.07) is 48.3. The van der Waals surface area contributed by atoms with Gasteiger partial charge in [-0.05, 0) is 235 Å². The molecule has 0 aromatic heterocycles. The Morgan fingerprint density at radius 3 is 1.25 bits per heavy atom. The lowest BCUT2D eigenvalue weighted by Crippen LogP contribution is -2.31. The third-order valence-corrected chi connectivity index (χ3v) is 21.8. The third-order valence-electron chi connectivity index (χ3n) is 21.8. The Labute approximate surface area is 530 Å². The number of benzene rings is 9. The lowest BCUT2D eigenvalue weighted by atomic mass is 9.64. The summed E-state index contributed by atoms with van der Waals surface area (Å²) in [7, 11) is 0. The molecule has 2 atom stereocenters. The van der Waals surface area contributed by atoms with Crippen LogP contribution in [0.4, 0.5) is 0 Å². The number of hydrogen-bond acceptors (Lipinski definition) is 0. The van der Waals surface area contributed by atoms with Crippen LogP contribution in [0.5, 0.6) is 0 Å². The Morgan fingerprint density at radius 2 is 0.784 bits per heavy atom. The highest BCUT2D eigenvalue weighted by Crippen LogP contribution is 2.66.